The molecule has 132 valence electrons. The van der Waals surface area contributed by atoms with Crippen LogP contribution in [0.25, 0.3) is 0 Å². The highest BCUT2D eigenvalue weighted by molar-refractivity contribution is 9.10. The predicted octanol–water partition coefficient (Wildman–Crippen LogP) is 4.78. The van der Waals surface area contributed by atoms with Gasteiger partial charge in [0.25, 0.3) is 0 Å². The number of hydrogen-bond donors (Lipinski definition) is 1. The van der Waals surface area contributed by atoms with E-state index in [0.717, 1.165) is 26.9 Å². The van der Waals surface area contributed by atoms with Gasteiger partial charge >= 0.3 is 6.03 Å². The van der Waals surface area contributed by atoms with Crippen molar-refractivity contribution in [3.8, 4) is 0 Å². The molecule has 2 heterocycles. The highest BCUT2D eigenvalue weighted by Gasteiger charge is 2.16. The number of carbonyl (C=O) groups excluding carboxylic acids is 1. The summed E-state index contributed by atoms with van der Waals surface area (Å²) in [7, 11) is 0. The molecular formula is C20H19BrN4O. The normalized spacial score (nSPS) is 10.4. The Kier molecular flexibility index (Phi) is 5.96. The summed E-state index contributed by atoms with van der Waals surface area (Å²) in [6.07, 6.45) is 6.96. The van der Waals surface area contributed by atoms with Crippen molar-refractivity contribution >= 4 is 27.6 Å². The summed E-state index contributed by atoms with van der Waals surface area (Å²) >= 11 is 3.44. The van der Waals surface area contributed by atoms with Crippen LogP contribution in [0.1, 0.15) is 16.7 Å². The molecule has 0 spiro atoms. The highest BCUT2D eigenvalue weighted by atomic mass is 79.9. The molecule has 3 aromatic rings. The smallest absolute Gasteiger partial charge is 0.316 e. The quantitative estimate of drug-likeness (QED) is 0.657. The molecule has 0 unspecified atom stereocenters. The van der Waals surface area contributed by atoms with E-state index in [-0.39, 0.29) is 6.03 Å². The van der Waals surface area contributed by atoms with Crippen molar-refractivity contribution < 1.29 is 4.79 Å². The Morgan fingerprint density at radius 2 is 1.81 bits per heavy atom. The van der Waals surface area contributed by atoms with E-state index < -0.39 is 0 Å². The van der Waals surface area contributed by atoms with Crippen molar-refractivity contribution in [1.82, 2.24) is 14.9 Å². The Labute approximate surface area is 161 Å². The van der Waals surface area contributed by atoms with Crippen molar-refractivity contribution in [2.24, 2.45) is 0 Å². The molecule has 0 saturated carbocycles. The fourth-order valence-corrected chi connectivity index (χ4v) is 3.06. The third kappa shape index (κ3) is 4.89. The minimum Gasteiger partial charge on any atom is -0.316 e. The van der Waals surface area contributed by atoms with Gasteiger partial charge in [0.15, 0.2) is 0 Å². The van der Waals surface area contributed by atoms with Crippen LogP contribution in [0.15, 0.2) is 71.7 Å². The van der Waals surface area contributed by atoms with Crippen LogP contribution in [-0.2, 0) is 13.1 Å². The van der Waals surface area contributed by atoms with Crippen LogP contribution < -0.4 is 5.32 Å². The van der Waals surface area contributed by atoms with Crippen LogP contribution in [-0.4, -0.2) is 20.9 Å². The summed E-state index contributed by atoms with van der Waals surface area (Å²) in [6, 6.07) is 13.3. The van der Waals surface area contributed by atoms with E-state index in [1.807, 2.05) is 49.4 Å². The second kappa shape index (κ2) is 8.58. The van der Waals surface area contributed by atoms with Crippen molar-refractivity contribution in [3.63, 3.8) is 0 Å². The Morgan fingerprint density at radius 1 is 1.04 bits per heavy atom. The molecule has 0 saturated heterocycles. The van der Waals surface area contributed by atoms with Gasteiger partial charge in [-0.25, -0.2) is 4.79 Å². The summed E-state index contributed by atoms with van der Waals surface area (Å²) in [6.45, 7) is 2.92. The number of nitrogens with one attached hydrogen (secondary N) is 1. The number of benzene rings is 1. The second-order valence-electron chi connectivity index (χ2n) is 5.96. The summed E-state index contributed by atoms with van der Waals surface area (Å²) in [4.78, 5) is 22.9. The van der Waals surface area contributed by atoms with Crippen molar-refractivity contribution in [1.29, 1.82) is 0 Å². The monoisotopic (exact) mass is 410 g/mol. The van der Waals surface area contributed by atoms with Crippen molar-refractivity contribution in [2.45, 2.75) is 20.0 Å². The number of carbonyl (C=O) groups is 1. The summed E-state index contributed by atoms with van der Waals surface area (Å²) in [5, 5.41) is 3.01. The first-order chi connectivity index (χ1) is 12.6. The molecule has 0 fully saturated rings. The number of urea groups is 1. The molecule has 0 radical (unpaired) electrons. The van der Waals surface area contributed by atoms with E-state index in [9.17, 15) is 4.79 Å². The van der Waals surface area contributed by atoms with Crippen LogP contribution in [0.4, 0.5) is 10.5 Å². The van der Waals surface area contributed by atoms with Crippen LogP contribution in [0, 0.1) is 6.92 Å². The Balaban J connectivity index is 1.80. The molecule has 6 heteroatoms. The van der Waals surface area contributed by atoms with Crippen LogP contribution in [0.5, 0.6) is 0 Å². The van der Waals surface area contributed by atoms with E-state index in [4.69, 9.17) is 0 Å². The lowest BCUT2D eigenvalue weighted by molar-refractivity contribution is 0.206. The molecular weight excluding hydrogens is 392 g/mol. The van der Waals surface area contributed by atoms with Crippen molar-refractivity contribution in [3.05, 3.63) is 88.4 Å². The first-order valence-corrected chi connectivity index (χ1v) is 9.01. The molecule has 0 aliphatic rings. The zero-order valence-electron chi connectivity index (χ0n) is 14.4. The van der Waals surface area contributed by atoms with Gasteiger partial charge in [-0.15, -0.1) is 0 Å². The van der Waals surface area contributed by atoms with Crippen molar-refractivity contribution in [2.75, 3.05) is 5.32 Å². The number of aryl methyl sites for hydroxylation is 1. The van der Waals surface area contributed by atoms with Gasteiger partial charge in [0.05, 0.1) is 0 Å². The molecule has 1 N–H and O–H groups in total. The number of nitrogens with zero attached hydrogens (tertiary/aromatic N) is 3. The molecule has 2 amide bonds. The largest absolute Gasteiger partial charge is 0.322 e. The minimum atomic E-state index is -0.156. The number of halogens is 1. The molecule has 3 rings (SSSR count). The van der Waals surface area contributed by atoms with Gasteiger partial charge in [-0.3, -0.25) is 9.97 Å². The number of aromatic nitrogens is 2. The lowest BCUT2D eigenvalue weighted by atomic mass is 10.2. The van der Waals surface area contributed by atoms with Crippen LogP contribution in [0.3, 0.4) is 0 Å². The van der Waals surface area contributed by atoms with Crippen LogP contribution in [0.2, 0.25) is 0 Å². The average molecular weight is 411 g/mol. The fraction of sp³-hybridized carbons (Fsp3) is 0.150. The number of rotatable bonds is 5. The molecule has 5 nitrogen and oxygen atoms in total. The molecule has 26 heavy (non-hydrogen) atoms. The average Bonchev–Trinajstić information content (AvgIpc) is 2.65. The molecule has 1 aromatic carbocycles. The lowest BCUT2D eigenvalue weighted by Crippen LogP contribution is -2.34. The third-order valence-electron chi connectivity index (χ3n) is 3.94. The van der Waals surface area contributed by atoms with Crippen LogP contribution >= 0.6 is 15.9 Å². The first kappa shape index (κ1) is 18.1. The first-order valence-electron chi connectivity index (χ1n) is 8.22. The number of hydrogen-bond acceptors (Lipinski definition) is 3. The molecule has 0 aliphatic carbocycles. The standard InChI is InChI=1S/C20H19BrN4O/c1-15-11-18(21)4-5-19(15)24-20(26)25(13-16-6-9-22-10-7-16)14-17-3-2-8-23-12-17/h2-12H,13-14H2,1H3,(H,24,26). The Bertz CT molecular complexity index is 830. The summed E-state index contributed by atoms with van der Waals surface area (Å²) < 4.78 is 0.983. The maximum Gasteiger partial charge on any atom is 0.322 e. The van der Waals surface area contributed by atoms with Gasteiger partial charge in [-0.05, 0) is 60.0 Å². The van der Waals surface area contributed by atoms with E-state index in [1.165, 1.54) is 0 Å². The SMILES string of the molecule is Cc1cc(Br)ccc1NC(=O)N(Cc1ccncc1)Cc1cccnc1. The van der Waals surface area contributed by atoms with E-state index in [0.29, 0.717) is 13.1 Å². The van der Waals surface area contributed by atoms with Gasteiger partial charge in [-0.1, -0.05) is 22.0 Å². The molecule has 0 aliphatic heterocycles. The van der Waals surface area contributed by atoms with Gasteiger partial charge in [-0.2, -0.15) is 0 Å². The minimum absolute atomic E-state index is 0.156. The van der Waals surface area contributed by atoms with E-state index >= 15 is 0 Å². The van der Waals surface area contributed by atoms with Gasteiger partial charge in [0.2, 0.25) is 0 Å². The van der Waals surface area contributed by atoms with E-state index in [1.54, 1.807) is 29.7 Å². The molecule has 0 bridgehead atoms. The zero-order valence-corrected chi connectivity index (χ0v) is 16.0. The summed E-state index contributed by atoms with van der Waals surface area (Å²) in [5.74, 6) is 0. The fourth-order valence-electron chi connectivity index (χ4n) is 2.58. The number of amides is 2. The summed E-state index contributed by atoms with van der Waals surface area (Å²) in [5.41, 5.74) is 3.79. The third-order valence-corrected chi connectivity index (χ3v) is 4.43. The topological polar surface area (TPSA) is 58.1 Å². The maximum absolute atomic E-state index is 12.9. The molecule has 0 atom stereocenters. The zero-order chi connectivity index (χ0) is 18.4. The van der Waals surface area contributed by atoms with Gasteiger partial charge < -0.3 is 10.2 Å². The Hall–Kier alpha value is -2.73. The van der Waals surface area contributed by atoms with Gasteiger partial charge in [0, 0.05) is 48.0 Å². The lowest BCUT2D eigenvalue weighted by Gasteiger charge is -2.24. The second-order valence-corrected chi connectivity index (χ2v) is 6.88. The maximum atomic E-state index is 12.9. The number of anilines is 1. The van der Waals surface area contributed by atoms with Gasteiger partial charge in [0.1, 0.15) is 0 Å². The van der Waals surface area contributed by atoms with E-state index in [2.05, 4.69) is 31.2 Å². The highest BCUT2D eigenvalue weighted by Crippen LogP contribution is 2.21. The number of pyridine rings is 2. The molecule has 2 aromatic heterocycles. The Morgan fingerprint density at radius 3 is 2.50 bits per heavy atom. The predicted molar refractivity (Wildman–Crippen MR) is 106 cm³/mol.